The average Bonchev–Trinajstić information content (AvgIpc) is 2.67. The van der Waals surface area contributed by atoms with Crippen LogP contribution in [-0.2, 0) is 11.2 Å². The molecule has 2 fully saturated rings. The molecular formula is C18H22O. The Kier molecular flexibility index (Phi) is 2.02. The molecule has 3 aliphatic rings. The molecule has 3 aliphatic carbocycles. The lowest BCUT2D eigenvalue weighted by Crippen LogP contribution is -2.42. The summed E-state index contributed by atoms with van der Waals surface area (Å²) in [5, 5.41) is 0. The monoisotopic (exact) mass is 256 g/mol. The minimum absolute atomic E-state index is 0.127. The molecule has 0 amide bonds. The normalized spacial score (nSPS) is 44.7. The van der Waals surface area contributed by atoms with Crippen molar-refractivity contribution in [2.75, 3.05) is 0 Å². The topological polar surface area (TPSA) is 17.1 Å². The Bertz CT molecular complexity index is 609. The van der Waals surface area contributed by atoms with Crippen LogP contribution in [0, 0.1) is 17.3 Å². The predicted octanol–water partition coefficient (Wildman–Crippen LogP) is 4.11. The van der Waals surface area contributed by atoms with Crippen LogP contribution in [0.2, 0.25) is 0 Å². The smallest absolute Gasteiger partial charge is 0.139 e. The Morgan fingerprint density at radius 1 is 1.26 bits per heavy atom. The van der Waals surface area contributed by atoms with E-state index in [1.807, 2.05) is 6.92 Å². The van der Waals surface area contributed by atoms with Gasteiger partial charge in [0.05, 0.1) is 0 Å². The fraction of sp³-hybridized carbons (Fsp3) is 0.611. The molecule has 0 spiro atoms. The Morgan fingerprint density at radius 2 is 2.11 bits per heavy atom. The van der Waals surface area contributed by atoms with E-state index in [4.69, 9.17) is 2.74 Å². The van der Waals surface area contributed by atoms with E-state index in [0.717, 1.165) is 25.7 Å². The highest BCUT2D eigenvalue weighted by molar-refractivity contribution is 5.87. The zero-order valence-corrected chi connectivity index (χ0v) is 11.5. The lowest BCUT2D eigenvalue weighted by Gasteiger charge is -2.48. The number of carbonyl (C=O) groups is 1. The zero-order valence-electron chi connectivity index (χ0n) is 13.5. The first-order chi connectivity index (χ1) is 9.93. The maximum absolute atomic E-state index is 12.5. The van der Waals surface area contributed by atoms with Crippen LogP contribution in [0.25, 0.3) is 0 Å². The first-order valence-electron chi connectivity index (χ1n) is 8.56. The largest absolute Gasteiger partial charge is 0.299 e. The average molecular weight is 256 g/mol. The van der Waals surface area contributed by atoms with E-state index in [2.05, 4.69) is 24.3 Å². The molecule has 4 atom stereocenters. The van der Waals surface area contributed by atoms with Gasteiger partial charge in [0, 0.05) is 14.5 Å². The Balaban J connectivity index is 1.75. The molecular weight excluding hydrogens is 232 g/mol. The number of rotatable bonds is 0. The lowest BCUT2D eigenvalue weighted by molar-refractivity contribution is -0.129. The van der Waals surface area contributed by atoms with Crippen molar-refractivity contribution in [3.05, 3.63) is 35.4 Å². The van der Waals surface area contributed by atoms with Gasteiger partial charge in [-0.15, -0.1) is 0 Å². The molecule has 1 aromatic rings. The van der Waals surface area contributed by atoms with Gasteiger partial charge in [0.25, 0.3) is 0 Å². The zero-order chi connectivity index (χ0) is 14.8. The van der Waals surface area contributed by atoms with Gasteiger partial charge in [0.1, 0.15) is 5.78 Å². The van der Waals surface area contributed by atoms with Gasteiger partial charge >= 0.3 is 0 Å². The number of fused-ring (bicyclic) bond motifs is 5. The van der Waals surface area contributed by atoms with E-state index >= 15 is 0 Å². The summed E-state index contributed by atoms with van der Waals surface area (Å²) in [6.07, 6.45) is 2.92. The maximum Gasteiger partial charge on any atom is 0.139 e. The number of ketones is 1. The van der Waals surface area contributed by atoms with Crippen molar-refractivity contribution in [2.24, 2.45) is 17.3 Å². The van der Waals surface area contributed by atoms with Gasteiger partial charge in [0.2, 0.25) is 0 Å². The van der Waals surface area contributed by atoms with Gasteiger partial charge in [-0.05, 0) is 61.0 Å². The number of hydrogen-bond donors (Lipinski definition) is 0. The van der Waals surface area contributed by atoms with Crippen LogP contribution < -0.4 is 0 Å². The van der Waals surface area contributed by atoms with Gasteiger partial charge in [-0.1, -0.05) is 31.2 Å². The van der Waals surface area contributed by atoms with E-state index in [-0.39, 0.29) is 11.7 Å². The summed E-state index contributed by atoms with van der Waals surface area (Å²) < 4.78 is 16.2. The SMILES string of the molecule is [2H]C1([2H])C[C@H]2[C@@H]3CCc4ccccc4[C@H]3CC[C@]2(C)C1=O. The molecule has 0 aromatic heterocycles. The maximum atomic E-state index is 12.5. The fourth-order valence-electron chi connectivity index (χ4n) is 4.91. The second-order valence-electron chi connectivity index (χ2n) is 6.78. The first-order valence-corrected chi connectivity index (χ1v) is 7.56. The van der Waals surface area contributed by atoms with E-state index in [1.165, 1.54) is 11.1 Å². The highest BCUT2D eigenvalue weighted by atomic mass is 16.1. The summed E-state index contributed by atoms with van der Waals surface area (Å²) in [6, 6.07) is 8.72. The lowest BCUT2D eigenvalue weighted by atomic mass is 9.55. The summed E-state index contributed by atoms with van der Waals surface area (Å²) in [5.74, 6) is 1.12. The minimum atomic E-state index is -1.61. The molecule has 0 unspecified atom stereocenters. The van der Waals surface area contributed by atoms with Gasteiger partial charge in [0.15, 0.2) is 0 Å². The predicted molar refractivity (Wildman–Crippen MR) is 76.1 cm³/mol. The molecule has 0 bridgehead atoms. The third kappa shape index (κ3) is 1.50. The van der Waals surface area contributed by atoms with Crippen molar-refractivity contribution >= 4 is 5.78 Å². The summed E-state index contributed by atoms with van der Waals surface area (Å²) in [6.45, 7) is 2.03. The van der Waals surface area contributed by atoms with Crippen LogP contribution in [0.5, 0.6) is 0 Å². The highest BCUT2D eigenvalue weighted by Crippen LogP contribution is 2.59. The van der Waals surface area contributed by atoms with E-state index in [0.29, 0.717) is 18.3 Å². The molecule has 0 saturated heterocycles. The Hall–Kier alpha value is -1.11. The van der Waals surface area contributed by atoms with Gasteiger partial charge in [-0.3, -0.25) is 4.79 Å². The summed E-state index contributed by atoms with van der Waals surface area (Å²) in [4.78, 5) is 12.5. The van der Waals surface area contributed by atoms with Crippen molar-refractivity contribution in [3.63, 3.8) is 0 Å². The summed E-state index contributed by atoms with van der Waals surface area (Å²) >= 11 is 0. The van der Waals surface area contributed by atoms with Crippen LogP contribution in [0.3, 0.4) is 0 Å². The Labute approximate surface area is 118 Å². The van der Waals surface area contributed by atoms with Crippen LogP contribution in [0.4, 0.5) is 0 Å². The molecule has 19 heavy (non-hydrogen) atoms. The molecule has 0 N–H and O–H groups in total. The van der Waals surface area contributed by atoms with Gasteiger partial charge in [-0.2, -0.15) is 0 Å². The molecule has 1 nitrogen and oxygen atoms in total. The number of benzene rings is 1. The molecule has 0 aliphatic heterocycles. The van der Waals surface area contributed by atoms with Crippen LogP contribution >= 0.6 is 0 Å². The molecule has 100 valence electrons. The number of aryl methyl sites for hydroxylation is 1. The number of hydrogen-bond acceptors (Lipinski definition) is 1. The summed E-state index contributed by atoms with van der Waals surface area (Å²) in [7, 11) is 0. The van der Waals surface area contributed by atoms with Crippen LogP contribution in [-0.4, -0.2) is 5.78 Å². The molecule has 0 heterocycles. The third-order valence-electron chi connectivity index (χ3n) is 6.03. The van der Waals surface area contributed by atoms with Crippen molar-refractivity contribution < 1.29 is 7.54 Å². The molecule has 1 heteroatoms. The first kappa shape index (κ1) is 9.74. The van der Waals surface area contributed by atoms with Crippen molar-refractivity contribution in [3.8, 4) is 0 Å². The van der Waals surface area contributed by atoms with Crippen molar-refractivity contribution in [1.29, 1.82) is 0 Å². The van der Waals surface area contributed by atoms with E-state index in [1.54, 1.807) is 0 Å². The number of carbonyl (C=O) groups excluding carboxylic acids is 1. The second-order valence-corrected chi connectivity index (χ2v) is 6.78. The standard InChI is InChI=1S/C18H22O/c1-18-11-10-14-13-5-3-2-4-12(13)6-7-15(14)16(18)8-9-17(18)19/h2-5,14-16H,6-11H2,1H3/t14-,15-,16+,18+/m1/s1/i9D2. The quantitative estimate of drug-likeness (QED) is 0.682. The van der Waals surface area contributed by atoms with E-state index < -0.39 is 11.8 Å². The Morgan fingerprint density at radius 3 is 3.00 bits per heavy atom. The molecule has 2 saturated carbocycles. The third-order valence-corrected chi connectivity index (χ3v) is 6.03. The number of Topliss-reactive ketones (excluding diaryl/α,β-unsaturated/α-hetero) is 1. The molecule has 0 radical (unpaired) electrons. The molecule has 1 aromatic carbocycles. The van der Waals surface area contributed by atoms with E-state index in [9.17, 15) is 4.79 Å². The second kappa shape index (κ2) is 3.94. The van der Waals surface area contributed by atoms with Crippen molar-refractivity contribution in [1.82, 2.24) is 0 Å². The fourth-order valence-corrected chi connectivity index (χ4v) is 4.91. The summed E-state index contributed by atoms with van der Waals surface area (Å²) in [5.41, 5.74) is 2.52. The van der Waals surface area contributed by atoms with Crippen LogP contribution in [0.1, 0.15) is 58.8 Å². The van der Waals surface area contributed by atoms with Gasteiger partial charge in [-0.25, -0.2) is 0 Å². The highest BCUT2D eigenvalue weighted by Gasteiger charge is 2.54. The molecule has 4 rings (SSSR count). The van der Waals surface area contributed by atoms with Crippen LogP contribution in [0.15, 0.2) is 24.3 Å². The van der Waals surface area contributed by atoms with Crippen molar-refractivity contribution in [2.45, 2.75) is 51.3 Å². The van der Waals surface area contributed by atoms with Gasteiger partial charge < -0.3 is 0 Å². The minimum Gasteiger partial charge on any atom is -0.299 e.